The topological polar surface area (TPSA) is 162 Å². The Morgan fingerprint density at radius 1 is 0.615 bits per heavy atom. The van der Waals surface area contributed by atoms with Gasteiger partial charge in [-0.05, 0) is 31.2 Å². The molecular formula is C28H20N4O7. The lowest BCUT2D eigenvalue weighted by Gasteiger charge is -2.14. The number of nitrogens with one attached hydrogen (secondary N) is 2. The lowest BCUT2D eigenvalue weighted by molar-refractivity contribution is -0.394. The molecule has 0 aliphatic heterocycles. The third-order valence-electron chi connectivity index (χ3n) is 5.71. The van der Waals surface area contributed by atoms with Crippen LogP contribution in [0, 0.1) is 27.2 Å². The fraction of sp³-hybridized carbons (Fsp3) is 0.0357. The van der Waals surface area contributed by atoms with Crippen molar-refractivity contribution in [3.63, 3.8) is 0 Å². The number of carbonyl (C=O) groups is 3. The summed E-state index contributed by atoms with van der Waals surface area (Å²) < 4.78 is 0. The molecule has 0 radical (unpaired) electrons. The highest BCUT2D eigenvalue weighted by atomic mass is 16.6. The summed E-state index contributed by atoms with van der Waals surface area (Å²) in [5.74, 6) is -1.82. The molecule has 0 aliphatic carbocycles. The summed E-state index contributed by atoms with van der Waals surface area (Å²) in [5.41, 5.74) is 0.283. The van der Waals surface area contributed by atoms with Crippen molar-refractivity contribution in [2.75, 3.05) is 10.6 Å². The van der Waals surface area contributed by atoms with Gasteiger partial charge in [-0.15, -0.1) is 0 Å². The molecule has 0 atom stereocenters. The molecule has 0 saturated carbocycles. The predicted octanol–water partition coefficient (Wildman–Crippen LogP) is 5.55. The van der Waals surface area contributed by atoms with Crippen LogP contribution in [0.25, 0.3) is 0 Å². The lowest BCUT2D eigenvalue weighted by atomic mass is 9.99. The van der Waals surface area contributed by atoms with E-state index in [9.17, 15) is 34.6 Å². The Morgan fingerprint density at radius 2 is 1.18 bits per heavy atom. The molecule has 2 N–H and O–H groups in total. The van der Waals surface area contributed by atoms with Crippen LogP contribution in [0.4, 0.5) is 22.7 Å². The van der Waals surface area contributed by atoms with Crippen LogP contribution >= 0.6 is 0 Å². The number of ketones is 1. The van der Waals surface area contributed by atoms with Gasteiger partial charge in [0.1, 0.15) is 0 Å². The van der Waals surface area contributed by atoms with Gasteiger partial charge in [-0.1, -0.05) is 54.1 Å². The van der Waals surface area contributed by atoms with Crippen molar-refractivity contribution in [3.8, 4) is 0 Å². The zero-order valence-electron chi connectivity index (χ0n) is 20.4. The number of nitrogens with zero attached hydrogens (tertiary/aromatic N) is 2. The summed E-state index contributed by atoms with van der Waals surface area (Å²) in [6.07, 6.45) is 0. The molecule has 0 aliphatic rings. The highest BCUT2D eigenvalue weighted by molar-refractivity contribution is 6.17. The molecule has 4 aromatic carbocycles. The van der Waals surface area contributed by atoms with Crippen molar-refractivity contribution in [1.82, 2.24) is 0 Å². The number of amides is 2. The minimum atomic E-state index is -0.891. The zero-order valence-corrected chi connectivity index (χ0v) is 20.4. The first-order valence-electron chi connectivity index (χ1n) is 11.5. The van der Waals surface area contributed by atoms with Crippen LogP contribution in [0.3, 0.4) is 0 Å². The van der Waals surface area contributed by atoms with Crippen LogP contribution in [-0.4, -0.2) is 27.4 Å². The van der Waals surface area contributed by atoms with E-state index in [1.807, 2.05) is 6.92 Å². The molecular weight excluding hydrogens is 504 g/mol. The maximum atomic E-state index is 13.3. The number of hydrogen-bond donors (Lipinski definition) is 2. The third kappa shape index (κ3) is 6.00. The first kappa shape index (κ1) is 26.4. The normalized spacial score (nSPS) is 10.4. The maximum absolute atomic E-state index is 13.3. The minimum absolute atomic E-state index is 0.0319. The van der Waals surface area contributed by atoms with Crippen molar-refractivity contribution in [1.29, 1.82) is 0 Å². The van der Waals surface area contributed by atoms with Crippen molar-refractivity contribution in [2.45, 2.75) is 6.92 Å². The molecule has 0 aromatic heterocycles. The number of hydrogen-bond acceptors (Lipinski definition) is 7. The van der Waals surface area contributed by atoms with Crippen LogP contribution < -0.4 is 10.6 Å². The second-order valence-electron chi connectivity index (χ2n) is 8.45. The number of non-ortho nitro benzene ring substituents is 2. The second-order valence-corrected chi connectivity index (χ2v) is 8.45. The summed E-state index contributed by atoms with van der Waals surface area (Å²) in [5, 5.41) is 27.6. The molecule has 0 unspecified atom stereocenters. The number of carbonyl (C=O) groups excluding carboxylic acids is 3. The monoisotopic (exact) mass is 524 g/mol. The molecule has 2 amide bonds. The average molecular weight is 524 g/mol. The Balaban J connectivity index is 1.63. The summed E-state index contributed by atoms with van der Waals surface area (Å²) >= 11 is 0. The molecule has 39 heavy (non-hydrogen) atoms. The number of nitro groups is 2. The number of para-hydroxylation sites is 1. The van der Waals surface area contributed by atoms with Gasteiger partial charge in [-0.3, -0.25) is 34.6 Å². The summed E-state index contributed by atoms with van der Waals surface area (Å²) in [4.78, 5) is 60.0. The first-order chi connectivity index (χ1) is 18.6. The van der Waals surface area contributed by atoms with Gasteiger partial charge in [0.2, 0.25) is 0 Å². The molecule has 4 aromatic rings. The fourth-order valence-electron chi connectivity index (χ4n) is 3.81. The Morgan fingerprint density at radius 3 is 1.82 bits per heavy atom. The molecule has 11 nitrogen and oxygen atoms in total. The highest BCUT2D eigenvalue weighted by Crippen LogP contribution is 2.26. The van der Waals surface area contributed by atoms with E-state index in [-0.39, 0.29) is 33.8 Å². The van der Waals surface area contributed by atoms with E-state index in [1.54, 1.807) is 60.7 Å². The second kappa shape index (κ2) is 11.1. The van der Waals surface area contributed by atoms with E-state index in [2.05, 4.69) is 10.6 Å². The standard InChI is InChI=1S/C28H20N4O7/c1-17-11-12-25(23(13-17)26(33)18-7-3-2-4-8-18)30-28(35)22-9-5-6-10-24(22)29-27(34)19-14-20(31(36)37)16-21(15-19)32(38)39/h2-16H,1H3,(H,29,34)(H,30,35). The summed E-state index contributed by atoms with van der Waals surface area (Å²) in [6, 6.07) is 22.1. The highest BCUT2D eigenvalue weighted by Gasteiger charge is 2.22. The van der Waals surface area contributed by atoms with Gasteiger partial charge in [0, 0.05) is 23.3 Å². The van der Waals surface area contributed by atoms with Gasteiger partial charge in [0.05, 0.1) is 38.4 Å². The quantitative estimate of drug-likeness (QED) is 0.173. The summed E-state index contributed by atoms with van der Waals surface area (Å²) in [7, 11) is 0. The van der Waals surface area contributed by atoms with Gasteiger partial charge in [0.25, 0.3) is 23.2 Å². The molecule has 0 bridgehead atoms. The zero-order chi connectivity index (χ0) is 28.1. The van der Waals surface area contributed by atoms with Crippen molar-refractivity contribution in [2.24, 2.45) is 0 Å². The average Bonchev–Trinajstić information content (AvgIpc) is 2.94. The van der Waals surface area contributed by atoms with Crippen LogP contribution in [0.1, 0.15) is 42.2 Å². The van der Waals surface area contributed by atoms with Gasteiger partial charge in [-0.25, -0.2) is 0 Å². The number of anilines is 2. The van der Waals surface area contributed by atoms with E-state index < -0.39 is 33.0 Å². The molecule has 11 heteroatoms. The molecule has 4 rings (SSSR count). The largest absolute Gasteiger partial charge is 0.321 e. The van der Waals surface area contributed by atoms with Crippen LogP contribution in [-0.2, 0) is 0 Å². The molecule has 194 valence electrons. The third-order valence-corrected chi connectivity index (χ3v) is 5.71. The fourth-order valence-corrected chi connectivity index (χ4v) is 3.81. The number of nitro benzene ring substituents is 2. The van der Waals surface area contributed by atoms with Crippen LogP contribution in [0.15, 0.2) is 91.0 Å². The first-order valence-corrected chi connectivity index (χ1v) is 11.5. The minimum Gasteiger partial charge on any atom is -0.321 e. The molecule has 0 fully saturated rings. The predicted molar refractivity (Wildman–Crippen MR) is 143 cm³/mol. The molecule has 0 saturated heterocycles. The van der Waals surface area contributed by atoms with Gasteiger partial charge in [0.15, 0.2) is 5.78 Å². The van der Waals surface area contributed by atoms with E-state index in [4.69, 9.17) is 0 Å². The smallest absolute Gasteiger partial charge is 0.277 e. The van der Waals surface area contributed by atoms with Gasteiger partial charge < -0.3 is 10.6 Å². The Kier molecular flexibility index (Phi) is 7.52. The van der Waals surface area contributed by atoms with E-state index >= 15 is 0 Å². The number of aryl methyl sites for hydroxylation is 1. The summed E-state index contributed by atoms with van der Waals surface area (Å²) in [6.45, 7) is 1.82. The SMILES string of the molecule is Cc1ccc(NC(=O)c2ccccc2NC(=O)c2cc([N+](=O)[O-])cc([N+](=O)[O-])c2)c(C(=O)c2ccccc2)c1. The number of rotatable bonds is 8. The Hall–Kier alpha value is -5.71. The van der Waals surface area contributed by atoms with Crippen molar-refractivity contribution in [3.05, 3.63) is 139 Å². The van der Waals surface area contributed by atoms with Crippen molar-refractivity contribution < 1.29 is 24.2 Å². The van der Waals surface area contributed by atoms with E-state index in [0.717, 1.165) is 23.8 Å². The lowest BCUT2D eigenvalue weighted by Crippen LogP contribution is -2.19. The van der Waals surface area contributed by atoms with Gasteiger partial charge in [-0.2, -0.15) is 0 Å². The molecule has 0 heterocycles. The van der Waals surface area contributed by atoms with Crippen LogP contribution in [0.2, 0.25) is 0 Å². The number of benzene rings is 4. The van der Waals surface area contributed by atoms with Gasteiger partial charge >= 0.3 is 0 Å². The maximum Gasteiger partial charge on any atom is 0.277 e. The van der Waals surface area contributed by atoms with Crippen LogP contribution in [0.5, 0.6) is 0 Å². The van der Waals surface area contributed by atoms with Crippen molar-refractivity contribution >= 4 is 40.3 Å². The Bertz CT molecular complexity index is 1600. The van der Waals surface area contributed by atoms with E-state index in [1.165, 1.54) is 12.1 Å². The Labute approximate surface area is 221 Å². The van der Waals surface area contributed by atoms with E-state index in [0.29, 0.717) is 5.56 Å². The molecule has 0 spiro atoms.